The summed E-state index contributed by atoms with van der Waals surface area (Å²) >= 11 is 0. The van der Waals surface area contributed by atoms with Crippen molar-refractivity contribution in [2.75, 3.05) is 5.32 Å². The van der Waals surface area contributed by atoms with Gasteiger partial charge in [0.15, 0.2) is 5.82 Å². The van der Waals surface area contributed by atoms with Crippen LogP contribution in [0.25, 0.3) is 0 Å². The minimum atomic E-state index is 0.218. The summed E-state index contributed by atoms with van der Waals surface area (Å²) in [4.78, 5) is 4.00. The van der Waals surface area contributed by atoms with Gasteiger partial charge in [0.2, 0.25) is 11.8 Å². The van der Waals surface area contributed by atoms with E-state index in [9.17, 15) is 0 Å². The van der Waals surface area contributed by atoms with E-state index in [0.717, 1.165) is 0 Å². The van der Waals surface area contributed by atoms with Crippen LogP contribution in [0.1, 0.15) is 17.6 Å². The second-order valence-electron chi connectivity index (χ2n) is 2.79. The van der Waals surface area contributed by atoms with Crippen LogP contribution >= 0.6 is 0 Å². The number of nitrogens with zero attached hydrogens (tertiary/aromatic N) is 4. The third kappa shape index (κ3) is 2.29. The molecule has 80 valence electrons. The summed E-state index contributed by atoms with van der Waals surface area (Å²) in [5.41, 5.74) is 5.31. The van der Waals surface area contributed by atoms with E-state index in [1.165, 1.54) is 0 Å². The molecule has 8 heteroatoms. The van der Waals surface area contributed by atoms with Gasteiger partial charge in [-0.2, -0.15) is 4.98 Å². The molecule has 0 aromatic carbocycles. The van der Waals surface area contributed by atoms with Crippen molar-refractivity contribution in [2.45, 2.75) is 20.0 Å². The van der Waals surface area contributed by atoms with Crippen LogP contribution in [-0.4, -0.2) is 20.3 Å². The lowest BCUT2D eigenvalue weighted by molar-refractivity contribution is 0.388. The van der Waals surface area contributed by atoms with Crippen LogP contribution < -0.4 is 11.1 Å². The molecule has 2 aromatic heterocycles. The van der Waals surface area contributed by atoms with Crippen molar-refractivity contribution < 1.29 is 8.94 Å². The molecule has 15 heavy (non-hydrogen) atoms. The van der Waals surface area contributed by atoms with Crippen molar-refractivity contribution in [2.24, 2.45) is 5.73 Å². The Bertz CT molecular complexity index is 436. The van der Waals surface area contributed by atoms with Crippen molar-refractivity contribution in [1.29, 1.82) is 0 Å². The lowest BCUT2D eigenvalue weighted by atomic mass is 10.6. The highest BCUT2D eigenvalue weighted by molar-refractivity contribution is 5.17. The highest BCUT2D eigenvalue weighted by Gasteiger charge is 2.06. The Kier molecular flexibility index (Phi) is 2.59. The first-order valence-electron chi connectivity index (χ1n) is 4.33. The van der Waals surface area contributed by atoms with E-state index in [4.69, 9.17) is 14.7 Å². The van der Waals surface area contributed by atoms with Crippen molar-refractivity contribution >= 4 is 6.01 Å². The minimum absolute atomic E-state index is 0.218. The molecule has 0 unspecified atom stereocenters. The van der Waals surface area contributed by atoms with Crippen LogP contribution in [0.2, 0.25) is 0 Å². The van der Waals surface area contributed by atoms with E-state index in [1.54, 1.807) is 6.92 Å². The maximum Gasteiger partial charge on any atom is 0.315 e. The van der Waals surface area contributed by atoms with Crippen LogP contribution in [0.5, 0.6) is 0 Å². The molecule has 2 rings (SSSR count). The smallest absolute Gasteiger partial charge is 0.315 e. The summed E-state index contributed by atoms with van der Waals surface area (Å²) < 4.78 is 9.91. The first-order chi connectivity index (χ1) is 7.28. The normalized spacial score (nSPS) is 10.5. The van der Waals surface area contributed by atoms with Gasteiger partial charge in [-0.15, -0.1) is 5.10 Å². The summed E-state index contributed by atoms with van der Waals surface area (Å²) in [5, 5.41) is 13.9. The fourth-order valence-electron chi connectivity index (χ4n) is 0.975. The van der Waals surface area contributed by atoms with Crippen LogP contribution in [-0.2, 0) is 13.1 Å². The maximum atomic E-state index is 5.31. The fraction of sp³-hybridized carbons (Fsp3) is 0.429. The van der Waals surface area contributed by atoms with E-state index in [-0.39, 0.29) is 12.6 Å². The van der Waals surface area contributed by atoms with Crippen LogP contribution in [0.15, 0.2) is 8.94 Å². The van der Waals surface area contributed by atoms with Gasteiger partial charge in [0.1, 0.15) is 0 Å². The molecule has 0 spiro atoms. The second-order valence-corrected chi connectivity index (χ2v) is 2.79. The number of rotatable bonds is 4. The van der Waals surface area contributed by atoms with E-state index in [1.807, 2.05) is 0 Å². The fourth-order valence-corrected chi connectivity index (χ4v) is 0.975. The molecule has 0 fully saturated rings. The number of nitrogens with one attached hydrogen (secondary N) is 1. The molecule has 2 aromatic rings. The Morgan fingerprint density at radius 3 is 2.87 bits per heavy atom. The number of aromatic nitrogens is 4. The van der Waals surface area contributed by atoms with E-state index >= 15 is 0 Å². The SMILES string of the molecule is Cc1nc(CNc2nnc(CN)o2)no1. The van der Waals surface area contributed by atoms with Gasteiger partial charge in [0.25, 0.3) is 0 Å². The zero-order valence-electron chi connectivity index (χ0n) is 8.10. The molecule has 0 aliphatic carbocycles. The van der Waals surface area contributed by atoms with Crippen molar-refractivity contribution in [3.63, 3.8) is 0 Å². The number of hydrogen-bond donors (Lipinski definition) is 2. The lowest BCUT2D eigenvalue weighted by Gasteiger charge is -1.94. The van der Waals surface area contributed by atoms with Gasteiger partial charge in [-0.1, -0.05) is 10.3 Å². The second kappa shape index (κ2) is 4.05. The Morgan fingerprint density at radius 2 is 2.27 bits per heavy atom. The number of hydrogen-bond acceptors (Lipinski definition) is 8. The van der Waals surface area contributed by atoms with Crippen molar-refractivity contribution in [3.05, 3.63) is 17.6 Å². The molecule has 0 bridgehead atoms. The van der Waals surface area contributed by atoms with Crippen LogP contribution in [0, 0.1) is 6.92 Å². The third-order valence-corrected chi connectivity index (χ3v) is 1.61. The van der Waals surface area contributed by atoms with Gasteiger partial charge in [-0.25, -0.2) is 0 Å². The lowest BCUT2D eigenvalue weighted by Crippen LogP contribution is -2.01. The Morgan fingerprint density at radius 1 is 1.40 bits per heavy atom. The average Bonchev–Trinajstić information content (AvgIpc) is 2.83. The van der Waals surface area contributed by atoms with E-state index in [2.05, 4.69) is 25.7 Å². The summed E-state index contributed by atoms with van der Waals surface area (Å²) in [6.07, 6.45) is 0. The number of aryl methyl sites for hydroxylation is 1. The van der Waals surface area contributed by atoms with Gasteiger partial charge < -0.3 is 20.0 Å². The molecule has 0 aliphatic heterocycles. The first kappa shape index (κ1) is 9.59. The monoisotopic (exact) mass is 210 g/mol. The quantitative estimate of drug-likeness (QED) is 0.714. The summed E-state index contributed by atoms with van der Waals surface area (Å²) in [6.45, 7) is 2.30. The molecular weight excluding hydrogens is 200 g/mol. The van der Waals surface area contributed by atoms with Gasteiger partial charge in [-0.3, -0.25) is 0 Å². The van der Waals surface area contributed by atoms with E-state index in [0.29, 0.717) is 24.2 Å². The Balaban J connectivity index is 1.93. The zero-order valence-corrected chi connectivity index (χ0v) is 8.10. The standard InChI is InChI=1S/C7H10N6O2/c1-4-10-5(13-15-4)3-9-7-12-11-6(2-8)14-7/h2-3,8H2,1H3,(H,9,12). The largest absolute Gasteiger partial charge is 0.407 e. The van der Waals surface area contributed by atoms with Gasteiger partial charge in [0.05, 0.1) is 13.1 Å². The Labute approximate surface area is 84.9 Å². The molecule has 0 atom stereocenters. The van der Waals surface area contributed by atoms with Crippen molar-refractivity contribution in [1.82, 2.24) is 20.3 Å². The average molecular weight is 210 g/mol. The summed E-state index contributed by atoms with van der Waals surface area (Å²) in [7, 11) is 0. The van der Waals surface area contributed by atoms with Crippen LogP contribution in [0.4, 0.5) is 6.01 Å². The molecule has 8 nitrogen and oxygen atoms in total. The third-order valence-electron chi connectivity index (χ3n) is 1.61. The molecule has 0 saturated heterocycles. The topological polar surface area (TPSA) is 116 Å². The highest BCUT2D eigenvalue weighted by Crippen LogP contribution is 2.05. The molecule has 0 amide bonds. The van der Waals surface area contributed by atoms with E-state index < -0.39 is 0 Å². The predicted octanol–water partition coefficient (Wildman–Crippen LogP) is -0.168. The van der Waals surface area contributed by atoms with Crippen LogP contribution in [0.3, 0.4) is 0 Å². The molecule has 2 heterocycles. The highest BCUT2D eigenvalue weighted by atomic mass is 16.5. The number of anilines is 1. The molecular formula is C7H10N6O2. The Hall–Kier alpha value is -1.96. The first-order valence-corrected chi connectivity index (χ1v) is 4.33. The summed E-state index contributed by atoms with van der Waals surface area (Å²) in [6, 6.07) is 0.290. The minimum Gasteiger partial charge on any atom is -0.407 e. The molecule has 0 aliphatic rings. The van der Waals surface area contributed by atoms with Gasteiger partial charge >= 0.3 is 6.01 Å². The maximum absolute atomic E-state index is 5.31. The number of nitrogens with two attached hydrogens (primary N) is 1. The predicted molar refractivity (Wildman–Crippen MR) is 48.6 cm³/mol. The molecule has 3 N–H and O–H groups in total. The van der Waals surface area contributed by atoms with Crippen molar-refractivity contribution in [3.8, 4) is 0 Å². The molecule has 0 saturated carbocycles. The summed E-state index contributed by atoms with van der Waals surface area (Å²) in [5.74, 6) is 1.42. The van der Waals surface area contributed by atoms with Gasteiger partial charge in [-0.05, 0) is 0 Å². The molecule has 0 radical (unpaired) electrons. The van der Waals surface area contributed by atoms with Gasteiger partial charge in [0, 0.05) is 6.92 Å². The zero-order chi connectivity index (χ0) is 10.7.